The van der Waals surface area contributed by atoms with E-state index in [1.807, 2.05) is 29.0 Å². The van der Waals surface area contributed by atoms with E-state index >= 15 is 0 Å². The number of piperidine rings is 1. The van der Waals surface area contributed by atoms with E-state index in [-0.39, 0.29) is 5.56 Å². The second-order valence-electron chi connectivity index (χ2n) is 6.76. The van der Waals surface area contributed by atoms with Gasteiger partial charge in [0.05, 0.1) is 11.2 Å². The third-order valence-corrected chi connectivity index (χ3v) is 5.97. The number of rotatable bonds is 4. The molecule has 1 fully saturated rings. The lowest BCUT2D eigenvalue weighted by Gasteiger charge is -2.25. The Morgan fingerprint density at radius 2 is 2.04 bits per heavy atom. The zero-order valence-corrected chi connectivity index (χ0v) is 16.0. The molecule has 0 aliphatic carbocycles. The van der Waals surface area contributed by atoms with Crippen LogP contribution in [0.5, 0.6) is 0 Å². The minimum atomic E-state index is -1.20. The smallest absolute Gasteiger partial charge is 0.341 e. The molecule has 1 aliphatic heterocycles. The van der Waals surface area contributed by atoms with Crippen molar-refractivity contribution in [2.75, 3.05) is 18.0 Å². The lowest BCUT2D eigenvalue weighted by molar-refractivity contribution is 0.0695. The molecule has 2 aromatic heterocycles. The highest BCUT2D eigenvalue weighted by molar-refractivity contribution is 7.14. The quantitative estimate of drug-likeness (QED) is 0.741. The third-order valence-electron chi connectivity index (χ3n) is 5.07. The van der Waals surface area contributed by atoms with E-state index in [0.29, 0.717) is 11.9 Å². The van der Waals surface area contributed by atoms with E-state index in [2.05, 4.69) is 4.90 Å². The van der Waals surface area contributed by atoms with Gasteiger partial charge in [0.1, 0.15) is 5.56 Å². The summed E-state index contributed by atoms with van der Waals surface area (Å²) in [5.74, 6) is -1.20. The van der Waals surface area contributed by atoms with Gasteiger partial charge >= 0.3 is 5.97 Å². The minimum Gasteiger partial charge on any atom is -0.477 e. The van der Waals surface area contributed by atoms with Gasteiger partial charge in [-0.2, -0.15) is 0 Å². The van der Waals surface area contributed by atoms with Crippen molar-refractivity contribution in [2.45, 2.75) is 32.7 Å². The van der Waals surface area contributed by atoms with Gasteiger partial charge < -0.3 is 14.6 Å². The van der Waals surface area contributed by atoms with Crippen molar-refractivity contribution < 1.29 is 9.90 Å². The Hall–Kier alpha value is -2.67. The highest BCUT2D eigenvalue weighted by Crippen LogP contribution is 2.30. The highest BCUT2D eigenvalue weighted by atomic mass is 32.1. The van der Waals surface area contributed by atoms with Crippen LogP contribution >= 0.6 is 11.3 Å². The molecule has 1 saturated heterocycles. The monoisotopic (exact) mass is 383 g/mol. The normalized spacial score (nSPS) is 14.6. The molecule has 3 heterocycles. The number of aromatic nitrogens is 2. The fraction of sp³-hybridized carbons (Fsp3) is 0.350. The van der Waals surface area contributed by atoms with Crippen LogP contribution in [0.2, 0.25) is 0 Å². The van der Waals surface area contributed by atoms with E-state index in [0.717, 1.165) is 35.0 Å². The van der Waals surface area contributed by atoms with Gasteiger partial charge in [0.25, 0.3) is 0 Å². The SMILES string of the molecule is CCn1cc(C(=O)O)c(=O)c2ccc(-c3csc(N4CCCCC4)n3)cc21. The fourth-order valence-electron chi connectivity index (χ4n) is 3.59. The molecule has 0 bridgehead atoms. The van der Waals surface area contributed by atoms with Gasteiger partial charge in [0, 0.05) is 42.2 Å². The van der Waals surface area contributed by atoms with Gasteiger partial charge in [0.2, 0.25) is 5.43 Å². The fourth-order valence-corrected chi connectivity index (χ4v) is 4.48. The summed E-state index contributed by atoms with van der Waals surface area (Å²) in [6.45, 7) is 4.62. The van der Waals surface area contributed by atoms with Crippen molar-refractivity contribution in [1.29, 1.82) is 0 Å². The first-order valence-corrected chi connectivity index (χ1v) is 10.1. The van der Waals surface area contributed by atoms with Crippen molar-refractivity contribution in [3.05, 3.63) is 45.6 Å². The summed E-state index contributed by atoms with van der Waals surface area (Å²) in [6, 6.07) is 5.50. The maximum atomic E-state index is 12.5. The Morgan fingerprint density at radius 3 is 2.74 bits per heavy atom. The molecule has 3 aromatic rings. The molecule has 4 rings (SSSR count). The van der Waals surface area contributed by atoms with Gasteiger partial charge in [-0.15, -0.1) is 11.3 Å². The van der Waals surface area contributed by atoms with Crippen LogP contribution in [0.1, 0.15) is 36.5 Å². The van der Waals surface area contributed by atoms with Gasteiger partial charge in [-0.3, -0.25) is 4.79 Å². The van der Waals surface area contributed by atoms with Crippen LogP contribution < -0.4 is 10.3 Å². The van der Waals surface area contributed by atoms with Crippen LogP contribution in [-0.4, -0.2) is 33.7 Å². The van der Waals surface area contributed by atoms with Gasteiger partial charge in [0.15, 0.2) is 5.13 Å². The van der Waals surface area contributed by atoms with Crippen molar-refractivity contribution in [1.82, 2.24) is 9.55 Å². The Kier molecular flexibility index (Phi) is 4.70. The molecule has 1 N–H and O–H groups in total. The average Bonchev–Trinajstić information content (AvgIpc) is 3.19. The molecule has 0 spiro atoms. The summed E-state index contributed by atoms with van der Waals surface area (Å²) in [4.78, 5) is 31.0. The summed E-state index contributed by atoms with van der Waals surface area (Å²) >= 11 is 1.64. The molecule has 1 aromatic carbocycles. The number of fused-ring (bicyclic) bond motifs is 1. The molecule has 0 unspecified atom stereocenters. The van der Waals surface area contributed by atoms with Crippen molar-refractivity contribution in [3.8, 4) is 11.3 Å². The molecular weight excluding hydrogens is 362 g/mol. The lowest BCUT2D eigenvalue weighted by atomic mass is 10.1. The van der Waals surface area contributed by atoms with Crippen molar-refractivity contribution in [3.63, 3.8) is 0 Å². The number of carboxylic acid groups (broad SMARTS) is 1. The molecule has 0 atom stereocenters. The second-order valence-corrected chi connectivity index (χ2v) is 7.59. The first-order valence-electron chi connectivity index (χ1n) is 9.20. The first kappa shape index (κ1) is 17.7. The topological polar surface area (TPSA) is 75.4 Å². The Morgan fingerprint density at radius 1 is 1.26 bits per heavy atom. The molecule has 0 amide bonds. The summed E-state index contributed by atoms with van der Waals surface area (Å²) in [5.41, 5.74) is 1.92. The standard InChI is InChI=1S/C20H21N3O3S/c1-2-22-11-15(19(25)26)18(24)14-7-6-13(10-17(14)22)16-12-27-20(21-16)23-8-4-3-5-9-23/h6-7,10-12H,2-5,8-9H2,1H3,(H,25,26). The molecule has 0 saturated carbocycles. The Bertz CT molecular complexity index is 1060. The number of nitrogens with zero attached hydrogens (tertiary/aromatic N) is 3. The van der Waals surface area contributed by atoms with Crippen LogP contribution in [-0.2, 0) is 6.54 Å². The maximum Gasteiger partial charge on any atom is 0.341 e. The van der Waals surface area contributed by atoms with Gasteiger partial charge in [-0.05, 0) is 38.3 Å². The molecule has 7 heteroatoms. The van der Waals surface area contributed by atoms with Crippen LogP contribution in [0.4, 0.5) is 5.13 Å². The molecule has 140 valence electrons. The summed E-state index contributed by atoms with van der Waals surface area (Å²) < 4.78 is 1.81. The zero-order valence-electron chi connectivity index (χ0n) is 15.1. The number of aromatic carboxylic acids is 1. The molecular formula is C20H21N3O3S. The average molecular weight is 383 g/mol. The molecule has 0 radical (unpaired) electrons. The molecule has 27 heavy (non-hydrogen) atoms. The number of carbonyl (C=O) groups is 1. The van der Waals surface area contributed by atoms with E-state index in [9.17, 15) is 14.7 Å². The highest BCUT2D eigenvalue weighted by Gasteiger charge is 2.17. The Labute approximate surface area is 160 Å². The lowest BCUT2D eigenvalue weighted by Crippen LogP contribution is -2.29. The minimum absolute atomic E-state index is 0.196. The van der Waals surface area contributed by atoms with E-state index < -0.39 is 11.4 Å². The maximum absolute atomic E-state index is 12.5. The second kappa shape index (κ2) is 7.15. The number of anilines is 1. The largest absolute Gasteiger partial charge is 0.477 e. The predicted octanol–water partition coefficient (Wildman–Crippen LogP) is 3.83. The van der Waals surface area contributed by atoms with Gasteiger partial charge in [-0.25, -0.2) is 9.78 Å². The van der Waals surface area contributed by atoms with Crippen molar-refractivity contribution in [2.24, 2.45) is 0 Å². The summed E-state index contributed by atoms with van der Waals surface area (Å²) in [7, 11) is 0. The van der Waals surface area contributed by atoms with Crippen LogP contribution in [0, 0.1) is 0 Å². The number of hydrogen-bond acceptors (Lipinski definition) is 5. The number of thiazole rings is 1. The van der Waals surface area contributed by atoms with Crippen LogP contribution in [0.15, 0.2) is 34.6 Å². The molecule has 6 nitrogen and oxygen atoms in total. The number of benzene rings is 1. The number of pyridine rings is 1. The van der Waals surface area contributed by atoms with Crippen LogP contribution in [0.25, 0.3) is 22.2 Å². The van der Waals surface area contributed by atoms with E-state index in [1.165, 1.54) is 25.5 Å². The predicted molar refractivity (Wildman–Crippen MR) is 108 cm³/mol. The van der Waals surface area contributed by atoms with Crippen molar-refractivity contribution >= 4 is 33.3 Å². The van der Waals surface area contributed by atoms with E-state index in [1.54, 1.807) is 17.4 Å². The molecule has 1 aliphatic rings. The van der Waals surface area contributed by atoms with E-state index in [4.69, 9.17) is 4.98 Å². The summed E-state index contributed by atoms with van der Waals surface area (Å²) in [5, 5.41) is 12.8. The number of aryl methyl sites for hydroxylation is 1. The zero-order chi connectivity index (χ0) is 19.0. The first-order chi connectivity index (χ1) is 13.1. The van der Waals surface area contributed by atoms with Crippen LogP contribution in [0.3, 0.4) is 0 Å². The Balaban J connectivity index is 1.77. The third kappa shape index (κ3) is 3.23. The van der Waals surface area contributed by atoms with Gasteiger partial charge in [-0.1, -0.05) is 6.07 Å². The summed E-state index contributed by atoms with van der Waals surface area (Å²) in [6.07, 6.45) is 5.13. The number of carboxylic acids is 1. The number of hydrogen-bond donors (Lipinski definition) is 1.